The Balaban J connectivity index is 1.82. The number of morpholine rings is 1. The molecule has 9 heteroatoms. The van der Waals surface area contributed by atoms with Gasteiger partial charge in [-0.05, 0) is 48.5 Å². The largest absolute Gasteiger partial charge is 0.497 e. The first-order chi connectivity index (χ1) is 14.0. The van der Waals surface area contributed by atoms with Gasteiger partial charge in [-0.15, -0.1) is 0 Å². The highest BCUT2D eigenvalue weighted by Gasteiger charge is 2.32. The second-order valence-electron chi connectivity index (χ2n) is 6.41. The first-order valence-electron chi connectivity index (χ1n) is 8.97. The number of oxazole rings is 1. The fourth-order valence-corrected chi connectivity index (χ4v) is 4.47. The molecule has 2 heterocycles. The molecule has 1 saturated heterocycles. The summed E-state index contributed by atoms with van der Waals surface area (Å²) in [4.78, 5) is 6.31. The summed E-state index contributed by atoms with van der Waals surface area (Å²) in [5.41, 5.74) is 0.651. The van der Waals surface area contributed by atoms with E-state index in [2.05, 4.69) is 4.98 Å². The maximum absolute atomic E-state index is 13.3. The number of halogens is 1. The number of methoxy groups -OCH3 is 1. The standard InChI is InChI=1S/C20H19ClN2O5S/c1-26-16-6-2-14(3-7-16)18-22-19(20(28-18)23-10-12-27-13-11-23)29(24,25)17-8-4-15(21)5-9-17/h2-9H,10-13H2,1H3. The van der Waals surface area contributed by atoms with Crippen LogP contribution in [0.15, 0.2) is 62.9 Å². The third-order valence-corrected chi connectivity index (χ3v) is 6.51. The van der Waals surface area contributed by atoms with E-state index < -0.39 is 9.84 Å². The molecule has 0 amide bonds. The van der Waals surface area contributed by atoms with Crippen LogP contribution in [0.25, 0.3) is 11.5 Å². The van der Waals surface area contributed by atoms with E-state index in [9.17, 15) is 8.42 Å². The van der Waals surface area contributed by atoms with Gasteiger partial charge in [0.25, 0.3) is 0 Å². The van der Waals surface area contributed by atoms with Gasteiger partial charge in [-0.1, -0.05) is 11.6 Å². The van der Waals surface area contributed by atoms with E-state index in [1.165, 1.54) is 24.3 Å². The lowest BCUT2D eigenvalue weighted by Gasteiger charge is -2.26. The van der Waals surface area contributed by atoms with E-state index in [1.807, 2.05) is 4.90 Å². The molecule has 1 aliphatic heterocycles. The Morgan fingerprint density at radius 3 is 2.31 bits per heavy atom. The zero-order valence-corrected chi connectivity index (χ0v) is 17.2. The Bertz CT molecular complexity index is 1090. The normalized spacial score (nSPS) is 14.8. The minimum absolute atomic E-state index is 0.103. The summed E-state index contributed by atoms with van der Waals surface area (Å²) in [6, 6.07) is 13.1. The van der Waals surface area contributed by atoms with Gasteiger partial charge in [-0.2, -0.15) is 4.98 Å². The molecule has 152 valence electrons. The molecule has 0 saturated carbocycles. The van der Waals surface area contributed by atoms with Gasteiger partial charge >= 0.3 is 0 Å². The molecule has 0 N–H and O–H groups in total. The van der Waals surface area contributed by atoms with Crippen LogP contribution in [-0.4, -0.2) is 46.8 Å². The molecule has 0 spiro atoms. The number of rotatable bonds is 5. The van der Waals surface area contributed by atoms with Gasteiger partial charge in [-0.25, -0.2) is 8.42 Å². The SMILES string of the molecule is COc1ccc(-c2nc(S(=O)(=O)c3ccc(Cl)cc3)c(N3CCOCC3)o2)cc1. The number of sulfone groups is 1. The minimum atomic E-state index is -3.91. The Morgan fingerprint density at radius 1 is 1.03 bits per heavy atom. The zero-order chi connectivity index (χ0) is 20.4. The summed E-state index contributed by atoms with van der Waals surface area (Å²) in [5.74, 6) is 1.12. The van der Waals surface area contributed by atoms with E-state index in [1.54, 1.807) is 31.4 Å². The van der Waals surface area contributed by atoms with E-state index >= 15 is 0 Å². The van der Waals surface area contributed by atoms with E-state index in [-0.39, 0.29) is 21.7 Å². The number of hydrogen-bond donors (Lipinski definition) is 0. The fourth-order valence-electron chi connectivity index (χ4n) is 3.02. The van der Waals surface area contributed by atoms with Crippen molar-refractivity contribution in [2.75, 3.05) is 38.3 Å². The first kappa shape index (κ1) is 19.8. The molecule has 0 aliphatic carbocycles. The summed E-state index contributed by atoms with van der Waals surface area (Å²) in [7, 11) is -2.33. The summed E-state index contributed by atoms with van der Waals surface area (Å²) < 4.78 is 43.1. The lowest BCUT2D eigenvalue weighted by Crippen LogP contribution is -2.36. The van der Waals surface area contributed by atoms with E-state index in [0.717, 1.165) is 0 Å². The second kappa shape index (κ2) is 8.06. The highest BCUT2D eigenvalue weighted by molar-refractivity contribution is 7.91. The summed E-state index contributed by atoms with van der Waals surface area (Å²) >= 11 is 5.91. The molecule has 0 bridgehead atoms. The van der Waals surface area contributed by atoms with Gasteiger partial charge in [0.1, 0.15) is 5.75 Å². The van der Waals surface area contributed by atoms with Crippen LogP contribution in [0.1, 0.15) is 0 Å². The smallest absolute Gasteiger partial charge is 0.236 e. The van der Waals surface area contributed by atoms with Crippen molar-refractivity contribution in [1.82, 2.24) is 4.98 Å². The molecule has 2 aromatic carbocycles. The molecule has 1 fully saturated rings. The van der Waals surface area contributed by atoms with Crippen LogP contribution >= 0.6 is 11.6 Å². The van der Waals surface area contributed by atoms with Gasteiger partial charge in [0.05, 0.1) is 25.2 Å². The fraction of sp³-hybridized carbons (Fsp3) is 0.250. The second-order valence-corrected chi connectivity index (χ2v) is 8.72. The number of nitrogens with zero attached hydrogens (tertiary/aromatic N) is 2. The van der Waals surface area contributed by atoms with E-state index in [4.69, 9.17) is 25.5 Å². The third-order valence-electron chi connectivity index (χ3n) is 4.59. The van der Waals surface area contributed by atoms with Crippen molar-refractivity contribution in [2.45, 2.75) is 9.92 Å². The Labute approximate surface area is 173 Å². The molecular weight excluding hydrogens is 416 g/mol. The molecule has 29 heavy (non-hydrogen) atoms. The Morgan fingerprint density at radius 2 is 1.69 bits per heavy atom. The number of ether oxygens (including phenoxy) is 2. The van der Waals surface area contributed by atoms with Crippen molar-refractivity contribution in [1.29, 1.82) is 0 Å². The molecule has 1 aliphatic rings. The zero-order valence-electron chi connectivity index (χ0n) is 15.7. The van der Waals surface area contributed by atoms with Crippen LogP contribution < -0.4 is 9.64 Å². The molecular formula is C20H19ClN2O5S. The van der Waals surface area contributed by atoms with Crippen molar-refractivity contribution in [3.63, 3.8) is 0 Å². The predicted octanol–water partition coefficient (Wildman–Crippen LogP) is 3.67. The first-order valence-corrected chi connectivity index (χ1v) is 10.8. The average Bonchev–Trinajstić information content (AvgIpc) is 3.21. The minimum Gasteiger partial charge on any atom is -0.497 e. The van der Waals surface area contributed by atoms with Crippen LogP contribution in [0.4, 0.5) is 5.88 Å². The van der Waals surface area contributed by atoms with Crippen molar-refractivity contribution in [2.24, 2.45) is 0 Å². The highest BCUT2D eigenvalue weighted by Crippen LogP contribution is 2.35. The Hall–Kier alpha value is -2.55. The van der Waals surface area contributed by atoms with Crippen LogP contribution in [-0.2, 0) is 14.6 Å². The van der Waals surface area contributed by atoms with Crippen LogP contribution in [0.5, 0.6) is 5.75 Å². The maximum atomic E-state index is 13.3. The van der Waals surface area contributed by atoms with Crippen molar-refractivity contribution < 1.29 is 22.3 Å². The van der Waals surface area contributed by atoms with E-state index in [0.29, 0.717) is 42.6 Å². The van der Waals surface area contributed by atoms with Gasteiger partial charge in [0, 0.05) is 23.7 Å². The predicted molar refractivity (Wildman–Crippen MR) is 108 cm³/mol. The number of benzene rings is 2. The molecule has 1 aromatic heterocycles. The molecule has 4 rings (SSSR count). The van der Waals surface area contributed by atoms with Crippen LogP contribution in [0, 0.1) is 0 Å². The average molecular weight is 435 g/mol. The lowest BCUT2D eigenvalue weighted by molar-refractivity contribution is 0.120. The van der Waals surface area contributed by atoms with Gasteiger partial charge in [-0.3, -0.25) is 0 Å². The van der Waals surface area contributed by atoms with Gasteiger partial charge in [0.15, 0.2) is 0 Å². The monoisotopic (exact) mass is 434 g/mol. The summed E-state index contributed by atoms with van der Waals surface area (Å²) in [5, 5.41) is 0.337. The highest BCUT2D eigenvalue weighted by atomic mass is 35.5. The summed E-state index contributed by atoms with van der Waals surface area (Å²) in [6.07, 6.45) is 0. The van der Waals surface area contributed by atoms with Crippen molar-refractivity contribution in [3.8, 4) is 17.2 Å². The molecule has 7 nitrogen and oxygen atoms in total. The van der Waals surface area contributed by atoms with Crippen LogP contribution in [0.3, 0.4) is 0 Å². The van der Waals surface area contributed by atoms with Crippen molar-refractivity contribution in [3.05, 3.63) is 53.6 Å². The quantitative estimate of drug-likeness (QED) is 0.605. The van der Waals surface area contributed by atoms with Crippen molar-refractivity contribution >= 4 is 27.3 Å². The van der Waals surface area contributed by atoms with Gasteiger partial charge in [0.2, 0.25) is 26.6 Å². The lowest BCUT2D eigenvalue weighted by atomic mass is 10.2. The Kier molecular flexibility index (Phi) is 5.49. The van der Waals surface area contributed by atoms with Crippen LogP contribution in [0.2, 0.25) is 5.02 Å². The maximum Gasteiger partial charge on any atom is 0.236 e. The number of anilines is 1. The number of aromatic nitrogens is 1. The van der Waals surface area contributed by atoms with Gasteiger partial charge < -0.3 is 18.8 Å². The third kappa shape index (κ3) is 3.96. The molecule has 0 atom stereocenters. The molecule has 0 unspecified atom stereocenters. The summed E-state index contributed by atoms with van der Waals surface area (Å²) in [6.45, 7) is 2.00. The molecule has 3 aromatic rings. The molecule has 0 radical (unpaired) electrons. The number of hydrogen-bond acceptors (Lipinski definition) is 7. The topological polar surface area (TPSA) is 81.9 Å².